The fraction of sp³-hybridized carbons (Fsp3) is 0.357. The first-order chi connectivity index (χ1) is 8.73. The number of hydrogen-bond donors (Lipinski definition) is 1. The van der Waals surface area contributed by atoms with E-state index in [1.807, 2.05) is 0 Å². The summed E-state index contributed by atoms with van der Waals surface area (Å²) in [6.45, 7) is 5.39. The van der Waals surface area contributed by atoms with Crippen LogP contribution < -0.4 is 4.90 Å². The topological polar surface area (TPSA) is 49.8 Å². The van der Waals surface area contributed by atoms with E-state index in [9.17, 15) is 9.90 Å². The number of phenolic OH excluding ortho intramolecular Hbond substituents is 1. The molecule has 0 atom stereocenters. The first kappa shape index (κ1) is 15.4. The zero-order chi connectivity index (χ0) is 14.6. The van der Waals surface area contributed by atoms with Gasteiger partial charge < -0.3 is 9.84 Å². The number of terminal acetylenes is 1. The van der Waals surface area contributed by atoms with Gasteiger partial charge in [-0.3, -0.25) is 4.90 Å². The van der Waals surface area contributed by atoms with Crippen molar-refractivity contribution in [3.8, 4) is 18.1 Å². The first-order valence-electron chi connectivity index (χ1n) is 5.66. The molecule has 0 aliphatic carbocycles. The van der Waals surface area contributed by atoms with Gasteiger partial charge in [0, 0.05) is 10.5 Å². The van der Waals surface area contributed by atoms with Crippen LogP contribution in [0.4, 0.5) is 10.5 Å². The van der Waals surface area contributed by atoms with Crippen LogP contribution in [-0.4, -0.2) is 23.3 Å². The summed E-state index contributed by atoms with van der Waals surface area (Å²) in [7, 11) is 0. The van der Waals surface area contributed by atoms with Crippen LogP contribution in [0.15, 0.2) is 22.7 Å². The van der Waals surface area contributed by atoms with E-state index in [-0.39, 0.29) is 12.3 Å². The summed E-state index contributed by atoms with van der Waals surface area (Å²) in [6, 6.07) is 4.65. The van der Waals surface area contributed by atoms with Crippen LogP contribution in [0.3, 0.4) is 0 Å². The maximum absolute atomic E-state index is 12.1. The smallest absolute Gasteiger partial charge is 0.415 e. The Bertz CT molecular complexity index is 494. The van der Waals surface area contributed by atoms with Gasteiger partial charge in [-0.2, -0.15) is 0 Å². The summed E-state index contributed by atoms with van der Waals surface area (Å²) in [6.07, 6.45) is 4.72. The van der Waals surface area contributed by atoms with E-state index < -0.39 is 11.7 Å². The number of benzene rings is 1. The van der Waals surface area contributed by atoms with Crippen LogP contribution in [0.25, 0.3) is 0 Å². The van der Waals surface area contributed by atoms with Crippen molar-refractivity contribution >= 4 is 27.7 Å². The second kappa shape index (κ2) is 5.98. The summed E-state index contributed by atoms with van der Waals surface area (Å²) >= 11 is 3.25. The van der Waals surface area contributed by atoms with E-state index in [0.717, 1.165) is 0 Å². The molecule has 0 bridgehead atoms. The van der Waals surface area contributed by atoms with E-state index in [4.69, 9.17) is 11.2 Å². The number of ether oxygens (including phenoxy) is 1. The lowest BCUT2D eigenvalue weighted by molar-refractivity contribution is 0.0585. The molecule has 102 valence electrons. The predicted octanol–water partition coefficient (Wildman–Crippen LogP) is 3.53. The summed E-state index contributed by atoms with van der Waals surface area (Å²) in [5, 5.41) is 9.56. The zero-order valence-corrected chi connectivity index (χ0v) is 12.7. The fourth-order valence-electron chi connectivity index (χ4n) is 1.38. The minimum Gasteiger partial charge on any atom is -0.508 e. The Kier molecular flexibility index (Phi) is 4.84. The van der Waals surface area contributed by atoms with Gasteiger partial charge in [0.1, 0.15) is 11.4 Å². The highest BCUT2D eigenvalue weighted by atomic mass is 79.9. The molecule has 0 radical (unpaired) electrons. The van der Waals surface area contributed by atoms with Crippen LogP contribution in [0, 0.1) is 12.3 Å². The number of anilines is 1. The highest BCUT2D eigenvalue weighted by molar-refractivity contribution is 9.10. The third kappa shape index (κ3) is 4.84. The SMILES string of the molecule is C#CCN(C(=O)OC(C)(C)C)c1cc(O)cc(Br)c1. The molecule has 0 spiro atoms. The average molecular weight is 326 g/mol. The van der Waals surface area contributed by atoms with Crippen molar-refractivity contribution in [1.82, 2.24) is 0 Å². The monoisotopic (exact) mass is 325 g/mol. The lowest BCUT2D eigenvalue weighted by Gasteiger charge is -2.26. The fourth-order valence-corrected chi connectivity index (χ4v) is 1.85. The van der Waals surface area contributed by atoms with E-state index in [2.05, 4.69) is 21.9 Å². The van der Waals surface area contributed by atoms with Crippen molar-refractivity contribution in [2.75, 3.05) is 11.4 Å². The van der Waals surface area contributed by atoms with Gasteiger partial charge in [0.05, 0.1) is 12.2 Å². The minimum absolute atomic E-state index is 0.0370. The maximum Gasteiger partial charge on any atom is 0.415 e. The molecule has 1 N–H and O–H groups in total. The minimum atomic E-state index is -0.613. The largest absolute Gasteiger partial charge is 0.508 e. The van der Waals surface area contributed by atoms with E-state index >= 15 is 0 Å². The number of amides is 1. The number of halogens is 1. The van der Waals surface area contributed by atoms with E-state index in [1.165, 1.54) is 17.0 Å². The Hall–Kier alpha value is -1.67. The third-order valence-corrected chi connectivity index (χ3v) is 2.50. The van der Waals surface area contributed by atoms with Crippen LogP contribution in [0.1, 0.15) is 20.8 Å². The summed E-state index contributed by atoms with van der Waals surface area (Å²) in [5.41, 5.74) is -0.142. The molecule has 1 rings (SSSR count). The van der Waals surface area contributed by atoms with Gasteiger partial charge in [-0.1, -0.05) is 21.9 Å². The quantitative estimate of drug-likeness (QED) is 0.846. The second-order valence-corrected chi connectivity index (χ2v) is 5.85. The number of phenols is 1. The molecule has 5 heteroatoms. The third-order valence-electron chi connectivity index (χ3n) is 2.04. The molecule has 0 unspecified atom stereocenters. The van der Waals surface area contributed by atoms with Crippen molar-refractivity contribution in [2.24, 2.45) is 0 Å². The summed E-state index contributed by atoms with van der Waals surface area (Å²) in [5.74, 6) is 2.44. The van der Waals surface area contributed by atoms with Crippen molar-refractivity contribution in [2.45, 2.75) is 26.4 Å². The summed E-state index contributed by atoms with van der Waals surface area (Å²) < 4.78 is 5.93. The molecule has 1 aromatic rings. The highest BCUT2D eigenvalue weighted by Gasteiger charge is 2.23. The lowest BCUT2D eigenvalue weighted by Crippen LogP contribution is -2.37. The summed E-state index contributed by atoms with van der Waals surface area (Å²) in [4.78, 5) is 13.4. The molecular weight excluding hydrogens is 310 g/mol. The molecule has 0 saturated heterocycles. The van der Waals surface area contributed by atoms with Crippen molar-refractivity contribution < 1.29 is 14.6 Å². The van der Waals surface area contributed by atoms with Crippen LogP contribution >= 0.6 is 15.9 Å². The zero-order valence-electron chi connectivity index (χ0n) is 11.1. The number of hydrogen-bond acceptors (Lipinski definition) is 3. The number of aromatic hydroxyl groups is 1. The molecule has 1 amide bonds. The van der Waals surface area contributed by atoms with Crippen molar-refractivity contribution in [1.29, 1.82) is 0 Å². The Morgan fingerprint density at radius 2 is 2.11 bits per heavy atom. The molecule has 0 fully saturated rings. The lowest BCUT2D eigenvalue weighted by atomic mass is 10.2. The molecule has 0 aromatic heterocycles. The Balaban J connectivity index is 3.07. The van der Waals surface area contributed by atoms with Gasteiger partial charge in [0.2, 0.25) is 0 Å². The molecule has 0 aliphatic heterocycles. The molecule has 1 aromatic carbocycles. The maximum atomic E-state index is 12.1. The highest BCUT2D eigenvalue weighted by Crippen LogP contribution is 2.27. The standard InChI is InChI=1S/C14H16BrNO3/c1-5-6-16(13(18)19-14(2,3)4)11-7-10(15)8-12(17)9-11/h1,7-9,17H,6H2,2-4H3. The first-order valence-corrected chi connectivity index (χ1v) is 6.46. The van der Waals surface area contributed by atoms with Gasteiger partial charge >= 0.3 is 6.09 Å². The van der Waals surface area contributed by atoms with Gasteiger partial charge in [-0.15, -0.1) is 6.42 Å². The molecule has 0 saturated carbocycles. The number of rotatable bonds is 2. The Morgan fingerprint density at radius 3 is 2.58 bits per heavy atom. The second-order valence-electron chi connectivity index (χ2n) is 4.94. The van der Waals surface area contributed by atoms with Crippen LogP contribution in [0.2, 0.25) is 0 Å². The van der Waals surface area contributed by atoms with Crippen molar-refractivity contribution in [3.63, 3.8) is 0 Å². The molecule has 19 heavy (non-hydrogen) atoms. The Labute approximate surface area is 121 Å². The van der Waals surface area contributed by atoms with Gasteiger partial charge in [0.15, 0.2) is 0 Å². The Morgan fingerprint density at radius 1 is 1.47 bits per heavy atom. The van der Waals surface area contributed by atoms with Crippen LogP contribution in [-0.2, 0) is 4.74 Å². The van der Waals surface area contributed by atoms with E-state index in [1.54, 1.807) is 26.8 Å². The van der Waals surface area contributed by atoms with Gasteiger partial charge in [-0.25, -0.2) is 4.79 Å². The van der Waals surface area contributed by atoms with Gasteiger partial charge in [-0.05, 0) is 32.9 Å². The average Bonchev–Trinajstić information content (AvgIpc) is 2.21. The van der Waals surface area contributed by atoms with E-state index in [0.29, 0.717) is 10.2 Å². The molecule has 4 nitrogen and oxygen atoms in total. The number of nitrogens with zero attached hydrogens (tertiary/aromatic N) is 1. The van der Waals surface area contributed by atoms with Crippen molar-refractivity contribution in [3.05, 3.63) is 22.7 Å². The number of carbonyl (C=O) groups excluding carboxylic acids is 1. The number of carbonyl (C=O) groups is 1. The molecular formula is C14H16BrNO3. The molecule has 0 aliphatic rings. The van der Waals surface area contributed by atoms with Crippen LogP contribution in [0.5, 0.6) is 5.75 Å². The van der Waals surface area contributed by atoms with Gasteiger partial charge in [0.25, 0.3) is 0 Å². The predicted molar refractivity (Wildman–Crippen MR) is 78.2 cm³/mol. The normalized spacial score (nSPS) is 10.7. The molecule has 0 heterocycles.